The van der Waals surface area contributed by atoms with E-state index >= 15 is 0 Å². The van der Waals surface area contributed by atoms with Crippen molar-refractivity contribution >= 4 is 23.0 Å². The zero-order valence-corrected chi connectivity index (χ0v) is 14.9. The van der Waals surface area contributed by atoms with Crippen molar-refractivity contribution in [1.82, 2.24) is 0 Å². The van der Waals surface area contributed by atoms with E-state index in [0.29, 0.717) is 5.02 Å². The van der Waals surface area contributed by atoms with Crippen LogP contribution in [0.2, 0.25) is 5.02 Å². The molecule has 4 rings (SSSR count). The molecule has 4 aromatic carbocycles. The molecule has 0 aliphatic rings. The number of nitrogens with one attached hydrogen (secondary N) is 1. The van der Waals surface area contributed by atoms with Crippen LogP contribution in [-0.2, 0) is 0 Å². The Kier molecular flexibility index (Phi) is 4.72. The first-order chi connectivity index (χ1) is 12.8. The zero-order valence-electron chi connectivity index (χ0n) is 14.2. The summed E-state index contributed by atoms with van der Waals surface area (Å²) in [5.74, 6) is 0. The van der Waals surface area contributed by atoms with Crippen LogP contribution in [0.3, 0.4) is 0 Å². The SMILES string of the molecule is Clc1cc(-c2ccccc2)ccc1Nc1ccc(-c2ccccc2)cc1. The second-order valence-electron chi connectivity index (χ2n) is 6.13. The highest BCUT2D eigenvalue weighted by Crippen LogP contribution is 2.31. The summed E-state index contributed by atoms with van der Waals surface area (Å²) in [7, 11) is 0. The maximum Gasteiger partial charge on any atom is 0.0647 e. The first-order valence-electron chi connectivity index (χ1n) is 8.57. The molecule has 0 aliphatic heterocycles. The first kappa shape index (κ1) is 16.4. The molecule has 1 nitrogen and oxygen atoms in total. The molecule has 0 unspecified atom stereocenters. The standard InChI is InChI=1S/C24H18ClN/c25-23-17-21(19-9-5-2-6-10-19)13-16-24(23)26-22-14-11-20(12-15-22)18-7-3-1-4-8-18/h1-17,26H. The largest absolute Gasteiger partial charge is 0.354 e. The fraction of sp³-hybridized carbons (Fsp3) is 0. The number of benzene rings is 4. The van der Waals surface area contributed by atoms with Gasteiger partial charge in [-0.25, -0.2) is 0 Å². The Morgan fingerprint density at radius 2 is 1.00 bits per heavy atom. The maximum absolute atomic E-state index is 6.49. The van der Waals surface area contributed by atoms with Gasteiger partial charge in [0.25, 0.3) is 0 Å². The van der Waals surface area contributed by atoms with E-state index in [1.54, 1.807) is 0 Å². The van der Waals surface area contributed by atoms with E-state index in [9.17, 15) is 0 Å². The van der Waals surface area contributed by atoms with Crippen LogP contribution in [0.15, 0.2) is 103 Å². The van der Waals surface area contributed by atoms with Crippen LogP contribution in [0.4, 0.5) is 11.4 Å². The number of anilines is 2. The summed E-state index contributed by atoms with van der Waals surface area (Å²) in [6, 6.07) is 35.1. The number of rotatable bonds is 4. The minimum Gasteiger partial charge on any atom is -0.354 e. The van der Waals surface area contributed by atoms with E-state index in [4.69, 9.17) is 11.6 Å². The molecule has 0 aromatic heterocycles. The highest BCUT2D eigenvalue weighted by atomic mass is 35.5. The topological polar surface area (TPSA) is 12.0 Å². The molecule has 126 valence electrons. The van der Waals surface area contributed by atoms with Crippen LogP contribution < -0.4 is 5.32 Å². The molecule has 0 saturated heterocycles. The lowest BCUT2D eigenvalue weighted by atomic mass is 10.0. The van der Waals surface area contributed by atoms with Crippen molar-refractivity contribution in [2.45, 2.75) is 0 Å². The third kappa shape index (κ3) is 3.63. The molecular formula is C24H18ClN. The van der Waals surface area contributed by atoms with Crippen molar-refractivity contribution in [2.75, 3.05) is 5.32 Å². The van der Waals surface area contributed by atoms with Crippen LogP contribution in [0.25, 0.3) is 22.3 Å². The third-order valence-electron chi connectivity index (χ3n) is 4.35. The quantitative estimate of drug-likeness (QED) is 0.401. The molecule has 0 amide bonds. The predicted octanol–water partition coefficient (Wildman–Crippen LogP) is 7.42. The Labute approximate surface area is 158 Å². The van der Waals surface area contributed by atoms with E-state index < -0.39 is 0 Å². The molecule has 0 atom stereocenters. The second kappa shape index (κ2) is 7.47. The molecular weight excluding hydrogens is 338 g/mol. The Hall–Kier alpha value is -3.03. The van der Waals surface area contributed by atoms with Crippen LogP contribution in [0.1, 0.15) is 0 Å². The van der Waals surface area contributed by atoms with Gasteiger partial charge in [-0.1, -0.05) is 90.5 Å². The van der Waals surface area contributed by atoms with E-state index in [-0.39, 0.29) is 0 Å². The lowest BCUT2D eigenvalue weighted by molar-refractivity contribution is 1.53. The summed E-state index contributed by atoms with van der Waals surface area (Å²) in [6.45, 7) is 0. The fourth-order valence-electron chi connectivity index (χ4n) is 2.96. The van der Waals surface area contributed by atoms with E-state index in [0.717, 1.165) is 22.5 Å². The second-order valence-corrected chi connectivity index (χ2v) is 6.54. The number of hydrogen-bond acceptors (Lipinski definition) is 1. The minimum atomic E-state index is 0.707. The Morgan fingerprint density at radius 1 is 0.500 bits per heavy atom. The molecule has 26 heavy (non-hydrogen) atoms. The Bertz CT molecular complexity index is 993. The average molecular weight is 356 g/mol. The molecule has 0 radical (unpaired) electrons. The van der Waals surface area contributed by atoms with E-state index in [2.05, 4.69) is 72.0 Å². The highest BCUT2D eigenvalue weighted by molar-refractivity contribution is 6.33. The lowest BCUT2D eigenvalue weighted by Gasteiger charge is -2.11. The number of halogens is 1. The fourth-order valence-corrected chi connectivity index (χ4v) is 3.19. The Balaban J connectivity index is 1.54. The lowest BCUT2D eigenvalue weighted by Crippen LogP contribution is -1.91. The van der Waals surface area contributed by atoms with Crippen molar-refractivity contribution in [3.63, 3.8) is 0 Å². The zero-order chi connectivity index (χ0) is 17.8. The van der Waals surface area contributed by atoms with Gasteiger partial charge < -0.3 is 5.32 Å². The summed E-state index contributed by atoms with van der Waals surface area (Å²) in [4.78, 5) is 0. The summed E-state index contributed by atoms with van der Waals surface area (Å²) < 4.78 is 0. The van der Waals surface area contributed by atoms with Crippen molar-refractivity contribution < 1.29 is 0 Å². The van der Waals surface area contributed by atoms with E-state index in [1.165, 1.54) is 11.1 Å². The van der Waals surface area contributed by atoms with Gasteiger partial charge in [0.1, 0.15) is 0 Å². The smallest absolute Gasteiger partial charge is 0.0647 e. The summed E-state index contributed by atoms with van der Waals surface area (Å²) in [5, 5.41) is 4.10. The van der Waals surface area contributed by atoms with Crippen LogP contribution in [-0.4, -0.2) is 0 Å². The molecule has 0 heterocycles. The van der Waals surface area contributed by atoms with Crippen LogP contribution in [0, 0.1) is 0 Å². The average Bonchev–Trinajstić information content (AvgIpc) is 2.71. The van der Waals surface area contributed by atoms with Crippen molar-refractivity contribution in [3.8, 4) is 22.3 Å². The highest BCUT2D eigenvalue weighted by Gasteiger charge is 2.05. The van der Waals surface area contributed by atoms with Crippen LogP contribution >= 0.6 is 11.6 Å². The van der Waals surface area contributed by atoms with Gasteiger partial charge in [0.15, 0.2) is 0 Å². The summed E-state index contributed by atoms with van der Waals surface area (Å²) >= 11 is 6.49. The van der Waals surface area contributed by atoms with Crippen LogP contribution in [0.5, 0.6) is 0 Å². The molecule has 0 saturated carbocycles. The number of hydrogen-bond donors (Lipinski definition) is 1. The maximum atomic E-state index is 6.49. The van der Waals surface area contributed by atoms with Gasteiger partial charge in [0.2, 0.25) is 0 Å². The summed E-state index contributed by atoms with van der Waals surface area (Å²) in [5.41, 5.74) is 6.59. The molecule has 1 N–H and O–H groups in total. The van der Waals surface area contributed by atoms with Gasteiger partial charge in [-0.2, -0.15) is 0 Å². The monoisotopic (exact) mass is 355 g/mol. The van der Waals surface area contributed by atoms with Gasteiger partial charge >= 0.3 is 0 Å². The molecule has 0 aliphatic carbocycles. The van der Waals surface area contributed by atoms with Crippen molar-refractivity contribution in [2.24, 2.45) is 0 Å². The minimum absolute atomic E-state index is 0.707. The van der Waals surface area contributed by atoms with Gasteiger partial charge in [0, 0.05) is 5.69 Å². The summed E-state index contributed by atoms with van der Waals surface area (Å²) in [6.07, 6.45) is 0. The molecule has 0 bridgehead atoms. The first-order valence-corrected chi connectivity index (χ1v) is 8.95. The van der Waals surface area contributed by atoms with Crippen molar-refractivity contribution in [1.29, 1.82) is 0 Å². The van der Waals surface area contributed by atoms with Crippen molar-refractivity contribution in [3.05, 3.63) is 108 Å². The predicted molar refractivity (Wildman–Crippen MR) is 112 cm³/mol. The molecule has 0 fully saturated rings. The molecule has 0 spiro atoms. The molecule has 2 heteroatoms. The Morgan fingerprint density at radius 3 is 1.58 bits per heavy atom. The third-order valence-corrected chi connectivity index (χ3v) is 4.66. The van der Waals surface area contributed by atoms with E-state index in [1.807, 2.05) is 36.4 Å². The normalized spacial score (nSPS) is 10.5. The molecule has 4 aromatic rings. The van der Waals surface area contributed by atoms with Gasteiger partial charge in [0.05, 0.1) is 10.7 Å². The van der Waals surface area contributed by atoms with Gasteiger partial charge in [-0.05, 0) is 46.5 Å². The van der Waals surface area contributed by atoms with Gasteiger partial charge in [-0.3, -0.25) is 0 Å². The van der Waals surface area contributed by atoms with Gasteiger partial charge in [-0.15, -0.1) is 0 Å².